The highest BCUT2D eigenvalue weighted by Crippen LogP contribution is 2.21. The van der Waals surface area contributed by atoms with Gasteiger partial charge in [0.2, 0.25) is 5.91 Å². The molecular weight excluding hydrogens is 640 g/mol. The molecule has 0 bridgehead atoms. The number of hydrogen-bond donors (Lipinski definition) is 7. The molecule has 0 fully saturated rings. The van der Waals surface area contributed by atoms with Gasteiger partial charge < -0.3 is 56.7 Å². The third kappa shape index (κ3) is 12.8. The predicted molar refractivity (Wildman–Crippen MR) is 198 cm³/mol. The number of nitrogens with one attached hydrogen (secondary N) is 5. The van der Waals surface area contributed by atoms with Crippen molar-refractivity contribution in [2.45, 2.75) is 32.7 Å². The molecule has 0 aliphatic heterocycles. The number of aryl methyl sites for hydroxylation is 3. The Morgan fingerprint density at radius 2 is 1.22 bits per heavy atom. The van der Waals surface area contributed by atoms with Crippen LogP contribution in [0.5, 0.6) is 0 Å². The molecule has 0 aliphatic carbocycles. The largest absolute Gasteiger partial charge is 0.351 e. The van der Waals surface area contributed by atoms with Crippen molar-refractivity contribution in [2.24, 2.45) is 25.6 Å². The average molecular weight is 697 g/mol. The van der Waals surface area contributed by atoms with Crippen LogP contribution >= 0.6 is 0 Å². The van der Waals surface area contributed by atoms with E-state index in [9.17, 15) is 19.2 Å². The number of hydrogen-bond acceptors (Lipinski definition) is 9. The first-order valence-electron chi connectivity index (χ1n) is 17.1. The highest BCUT2D eigenvalue weighted by Gasteiger charge is 2.20. The number of carbonyl (C=O) groups is 4. The molecule has 0 atom stereocenters. The minimum absolute atomic E-state index is 0.220. The summed E-state index contributed by atoms with van der Waals surface area (Å²) in [7, 11) is 7.43. The second-order valence-corrected chi connectivity index (χ2v) is 12.6. The van der Waals surface area contributed by atoms with E-state index < -0.39 is 0 Å². The van der Waals surface area contributed by atoms with Gasteiger partial charge in [-0.25, -0.2) is 0 Å². The Balaban J connectivity index is 1.69. The van der Waals surface area contributed by atoms with Crippen LogP contribution in [0.3, 0.4) is 0 Å². The zero-order chi connectivity index (χ0) is 36.6. The first kappa shape index (κ1) is 40.0. The highest BCUT2D eigenvalue weighted by molar-refractivity contribution is 6.07. The Hall–Kier alpha value is -4.48. The van der Waals surface area contributed by atoms with Crippen molar-refractivity contribution in [1.29, 1.82) is 0 Å². The maximum atomic E-state index is 13.6. The van der Waals surface area contributed by atoms with Gasteiger partial charge in [-0.2, -0.15) is 0 Å². The number of nitrogens with two attached hydrogens (primary N) is 2. The van der Waals surface area contributed by atoms with Crippen LogP contribution in [0.4, 0.5) is 17.1 Å². The van der Waals surface area contributed by atoms with Crippen molar-refractivity contribution in [2.75, 3.05) is 88.9 Å². The molecular formula is C34H56N12O4. The molecule has 0 aliphatic rings. The SMILES string of the molecule is CC(=O)Nc1cc(C(=O)Nc2cc(C(=O)Nc3cc(C(=O)NCCCN(C)C)n(C)c3)n(CCCCNCCN(CCN)CCN)c2)n(C)c1. The Morgan fingerprint density at radius 3 is 1.82 bits per heavy atom. The third-order valence-electron chi connectivity index (χ3n) is 8.01. The van der Waals surface area contributed by atoms with Gasteiger partial charge in [0.15, 0.2) is 0 Å². The predicted octanol–water partition coefficient (Wildman–Crippen LogP) is 0.899. The van der Waals surface area contributed by atoms with E-state index in [-0.39, 0.29) is 23.6 Å². The number of carbonyl (C=O) groups excluding carboxylic acids is 4. The molecule has 0 saturated carbocycles. The van der Waals surface area contributed by atoms with Crippen molar-refractivity contribution in [3.63, 3.8) is 0 Å². The molecule has 4 amide bonds. The molecule has 50 heavy (non-hydrogen) atoms. The van der Waals surface area contributed by atoms with Crippen LogP contribution in [0, 0.1) is 0 Å². The van der Waals surface area contributed by atoms with Crippen molar-refractivity contribution in [1.82, 2.24) is 34.1 Å². The molecule has 3 aromatic rings. The van der Waals surface area contributed by atoms with Gasteiger partial charge in [-0.1, -0.05) is 0 Å². The summed E-state index contributed by atoms with van der Waals surface area (Å²) in [6.45, 7) is 8.65. The van der Waals surface area contributed by atoms with Crippen LogP contribution in [-0.2, 0) is 25.4 Å². The van der Waals surface area contributed by atoms with E-state index >= 15 is 0 Å². The van der Waals surface area contributed by atoms with E-state index in [1.54, 1.807) is 60.0 Å². The first-order chi connectivity index (χ1) is 23.9. The van der Waals surface area contributed by atoms with Gasteiger partial charge in [0.05, 0.1) is 17.1 Å². The number of anilines is 3. The Morgan fingerprint density at radius 1 is 0.660 bits per heavy atom. The molecule has 3 heterocycles. The van der Waals surface area contributed by atoms with Gasteiger partial charge in [0.25, 0.3) is 17.7 Å². The maximum Gasteiger partial charge on any atom is 0.272 e. The summed E-state index contributed by atoms with van der Waals surface area (Å²) >= 11 is 0. The Labute approximate surface area is 294 Å². The molecule has 3 rings (SSSR count). The van der Waals surface area contributed by atoms with Crippen LogP contribution in [0.1, 0.15) is 57.7 Å². The zero-order valence-electron chi connectivity index (χ0n) is 30.2. The van der Waals surface area contributed by atoms with Gasteiger partial charge in [-0.05, 0) is 64.6 Å². The van der Waals surface area contributed by atoms with Crippen LogP contribution < -0.4 is 38.1 Å². The Bertz CT molecular complexity index is 1550. The standard InChI is InChI=1S/C34H56N12O4/c1-25(47)39-26-19-30(44(5)22-26)33(49)41-28-21-31(46(24-28)15-7-6-11-37-13-18-45(16-9-35)17-10-36)34(50)40-27-20-29(43(4)23-27)32(48)38-12-8-14-42(2)3/h19-24,37H,6-18,35-36H2,1-5H3,(H,38,48)(H,39,47)(H,40,50)(H,41,49). The number of rotatable bonds is 22. The fourth-order valence-electron chi connectivity index (χ4n) is 5.55. The minimum atomic E-state index is -0.389. The highest BCUT2D eigenvalue weighted by atomic mass is 16.2. The summed E-state index contributed by atoms with van der Waals surface area (Å²) in [6, 6.07) is 4.87. The molecule has 0 radical (unpaired) electrons. The maximum absolute atomic E-state index is 13.6. The smallest absolute Gasteiger partial charge is 0.272 e. The molecule has 16 heteroatoms. The van der Waals surface area contributed by atoms with Crippen molar-refractivity contribution in [3.8, 4) is 0 Å². The molecule has 9 N–H and O–H groups in total. The Kier molecular flexibility index (Phi) is 16.2. The summed E-state index contributed by atoms with van der Waals surface area (Å²) in [5.74, 6) is -1.22. The summed E-state index contributed by atoms with van der Waals surface area (Å²) in [5.41, 5.74) is 14.0. The minimum Gasteiger partial charge on any atom is -0.351 e. The quantitative estimate of drug-likeness (QED) is 0.0746. The van der Waals surface area contributed by atoms with Crippen molar-refractivity contribution >= 4 is 40.7 Å². The van der Waals surface area contributed by atoms with Gasteiger partial charge in [-0.15, -0.1) is 0 Å². The molecule has 276 valence electrons. The number of nitrogens with zero attached hydrogens (tertiary/aromatic N) is 5. The lowest BCUT2D eigenvalue weighted by Crippen LogP contribution is -2.38. The van der Waals surface area contributed by atoms with Gasteiger partial charge in [0, 0.05) is 92.0 Å². The van der Waals surface area contributed by atoms with Crippen LogP contribution in [0.25, 0.3) is 0 Å². The summed E-state index contributed by atoms with van der Waals surface area (Å²) < 4.78 is 5.12. The fourth-order valence-corrected chi connectivity index (χ4v) is 5.55. The topological polar surface area (TPSA) is 202 Å². The summed E-state index contributed by atoms with van der Waals surface area (Å²) in [5, 5.41) is 14.9. The van der Waals surface area contributed by atoms with E-state index in [4.69, 9.17) is 11.5 Å². The van der Waals surface area contributed by atoms with Crippen molar-refractivity contribution in [3.05, 3.63) is 53.9 Å². The fraction of sp³-hybridized carbons (Fsp3) is 0.529. The first-order valence-corrected chi connectivity index (χ1v) is 17.1. The summed E-state index contributed by atoms with van der Waals surface area (Å²) in [4.78, 5) is 55.4. The van der Waals surface area contributed by atoms with Crippen LogP contribution in [0.2, 0.25) is 0 Å². The van der Waals surface area contributed by atoms with E-state index in [1.165, 1.54) is 6.92 Å². The molecule has 0 spiro atoms. The number of amides is 4. The molecule has 16 nitrogen and oxygen atoms in total. The van der Waals surface area contributed by atoms with Crippen LogP contribution in [0.15, 0.2) is 36.8 Å². The number of unbranched alkanes of at least 4 members (excludes halogenated alkanes) is 1. The molecule has 3 aromatic heterocycles. The monoisotopic (exact) mass is 696 g/mol. The van der Waals surface area contributed by atoms with Gasteiger partial charge >= 0.3 is 0 Å². The van der Waals surface area contributed by atoms with E-state index in [0.717, 1.165) is 58.5 Å². The number of aromatic nitrogens is 3. The lowest BCUT2D eigenvalue weighted by molar-refractivity contribution is -0.114. The second kappa shape index (κ2) is 20.3. The van der Waals surface area contributed by atoms with Gasteiger partial charge in [0.1, 0.15) is 17.1 Å². The third-order valence-corrected chi connectivity index (χ3v) is 8.01. The van der Waals surface area contributed by atoms with Crippen molar-refractivity contribution < 1.29 is 19.2 Å². The molecule has 0 unspecified atom stereocenters. The molecule has 0 saturated heterocycles. The molecule has 0 aromatic carbocycles. The normalized spacial score (nSPS) is 11.3. The lowest BCUT2D eigenvalue weighted by atomic mass is 10.3. The second-order valence-electron chi connectivity index (χ2n) is 12.6. The van der Waals surface area contributed by atoms with E-state index in [2.05, 4.69) is 36.4 Å². The van der Waals surface area contributed by atoms with Gasteiger partial charge in [-0.3, -0.25) is 24.1 Å². The van der Waals surface area contributed by atoms with E-state index in [0.29, 0.717) is 60.3 Å². The summed E-state index contributed by atoms with van der Waals surface area (Å²) in [6.07, 6.45) is 7.56. The van der Waals surface area contributed by atoms with E-state index in [1.807, 2.05) is 18.7 Å². The average Bonchev–Trinajstić information content (AvgIpc) is 3.74. The lowest BCUT2D eigenvalue weighted by Gasteiger charge is -2.20. The zero-order valence-corrected chi connectivity index (χ0v) is 30.2. The van der Waals surface area contributed by atoms with Crippen LogP contribution in [-0.4, -0.2) is 120 Å².